The smallest absolute Gasteiger partial charge is 0.0744 e. The van der Waals surface area contributed by atoms with E-state index in [2.05, 4.69) is 0 Å². The predicted octanol–water partition coefficient (Wildman–Crippen LogP) is 4.72. The Balaban J connectivity index is 1.64. The monoisotopic (exact) mass is 310 g/mol. The summed E-state index contributed by atoms with van der Waals surface area (Å²) in [6.07, 6.45) is 6.97. The lowest BCUT2D eigenvalue weighted by Crippen LogP contribution is -2.58. The molecule has 0 radical (unpaired) electrons. The van der Waals surface area contributed by atoms with Crippen LogP contribution < -0.4 is 0 Å². The Morgan fingerprint density at radius 3 is 2.15 bits per heavy atom. The molecular formula is C17H20Cl2O. The highest BCUT2D eigenvalue weighted by atomic mass is 35.5. The fourth-order valence-electron chi connectivity index (χ4n) is 5.26. The molecule has 0 heterocycles. The standard InChI is InChI=1S/C17H20Cl2O/c18-15-2-1-12(16(19)8-15)9-17(20)13-4-10-3-11(6-13)7-14(17)5-10/h1-2,8,10-11,13-14,20H,3-7,9H2. The SMILES string of the molecule is OC1(Cc2ccc(Cl)cc2Cl)C2CC3CC(C2)CC1C3. The second kappa shape index (κ2) is 4.63. The zero-order valence-corrected chi connectivity index (χ0v) is 13.0. The van der Waals surface area contributed by atoms with Crippen LogP contribution in [0.15, 0.2) is 18.2 Å². The molecule has 1 aromatic carbocycles. The van der Waals surface area contributed by atoms with E-state index in [1.165, 1.54) is 32.1 Å². The lowest BCUT2D eigenvalue weighted by molar-refractivity contribution is -0.171. The summed E-state index contributed by atoms with van der Waals surface area (Å²) < 4.78 is 0. The topological polar surface area (TPSA) is 20.2 Å². The molecule has 4 fully saturated rings. The van der Waals surface area contributed by atoms with Gasteiger partial charge in [0, 0.05) is 16.5 Å². The molecule has 4 aliphatic carbocycles. The van der Waals surface area contributed by atoms with Crippen LogP contribution in [0.4, 0.5) is 0 Å². The maximum atomic E-state index is 11.3. The summed E-state index contributed by atoms with van der Waals surface area (Å²) in [7, 11) is 0. The molecule has 0 amide bonds. The molecule has 0 atom stereocenters. The fourth-order valence-corrected chi connectivity index (χ4v) is 5.73. The maximum Gasteiger partial charge on any atom is 0.0744 e. The van der Waals surface area contributed by atoms with Crippen LogP contribution in [-0.2, 0) is 6.42 Å². The first-order chi connectivity index (χ1) is 9.54. The third kappa shape index (κ3) is 2.01. The largest absolute Gasteiger partial charge is 0.389 e. The zero-order chi connectivity index (χ0) is 13.9. The van der Waals surface area contributed by atoms with Crippen molar-refractivity contribution in [2.45, 2.75) is 44.1 Å². The van der Waals surface area contributed by atoms with Crippen molar-refractivity contribution in [3.63, 3.8) is 0 Å². The van der Waals surface area contributed by atoms with Gasteiger partial charge >= 0.3 is 0 Å². The number of benzene rings is 1. The van der Waals surface area contributed by atoms with E-state index >= 15 is 0 Å². The maximum absolute atomic E-state index is 11.3. The minimum atomic E-state index is -0.537. The van der Waals surface area contributed by atoms with E-state index in [1.54, 1.807) is 6.07 Å². The van der Waals surface area contributed by atoms with E-state index in [0.29, 0.717) is 28.3 Å². The molecule has 5 rings (SSSR count). The summed E-state index contributed by atoms with van der Waals surface area (Å²) in [5.41, 5.74) is 0.510. The van der Waals surface area contributed by atoms with Crippen LogP contribution in [0.25, 0.3) is 0 Å². The van der Waals surface area contributed by atoms with Gasteiger partial charge in [-0.1, -0.05) is 29.3 Å². The molecule has 1 aromatic rings. The van der Waals surface area contributed by atoms with Crippen LogP contribution in [-0.4, -0.2) is 10.7 Å². The molecule has 4 bridgehead atoms. The highest BCUT2D eigenvalue weighted by Crippen LogP contribution is 2.59. The summed E-state index contributed by atoms with van der Waals surface area (Å²) in [6, 6.07) is 5.65. The van der Waals surface area contributed by atoms with Crippen LogP contribution in [0.5, 0.6) is 0 Å². The molecule has 108 valence electrons. The van der Waals surface area contributed by atoms with E-state index in [0.717, 1.165) is 17.4 Å². The van der Waals surface area contributed by atoms with E-state index < -0.39 is 5.60 Å². The van der Waals surface area contributed by atoms with Gasteiger partial charge in [0.15, 0.2) is 0 Å². The Morgan fingerprint density at radius 2 is 1.60 bits per heavy atom. The zero-order valence-electron chi connectivity index (χ0n) is 11.5. The summed E-state index contributed by atoms with van der Waals surface area (Å²) in [5, 5.41) is 12.7. The molecule has 4 aliphatic rings. The second-order valence-corrected chi connectivity index (χ2v) is 8.05. The summed E-state index contributed by atoms with van der Waals surface area (Å²) in [6.45, 7) is 0. The average molecular weight is 311 g/mol. The quantitative estimate of drug-likeness (QED) is 0.837. The molecular weight excluding hydrogens is 291 g/mol. The molecule has 1 N–H and O–H groups in total. The minimum Gasteiger partial charge on any atom is -0.389 e. The minimum absolute atomic E-state index is 0.477. The van der Waals surface area contributed by atoms with Gasteiger partial charge in [-0.25, -0.2) is 0 Å². The Labute approximate surface area is 130 Å². The van der Waals surface area contributed by atoms with Crippen LogP contribution in [0.2, 0.25) is 10.0 Å². The third-order valence-corrected chi connectivity index (χ3v) is 6.63. The van der Waals surface area contributed by atoms with Crippen molar-refractivity contribution < 1.29 is 5.11 Å². The second-order valence-electron chi connectivity index (χ2n) is 7.21. The lowest BCUT2D eigenvalue weighted by Gasteiger charge is -2.59. The van der Waals surface area contributed by atoms with Gasteiger partial charge in [-0.3, -0.25) is 0 Å². The van der Waals surface area contributed by atoms with E-state index in [-0.39, 0.29) is 0 Å². The van der Waals surface area contributed by atoms with Gasteiger partial charge in [0.05, 0.1) is 5.60 Å². The van der Waals surface area contributed by atoms with Crippen LogP contribution >= 0.6 is 23.2 Å². The summed E-state index contributed by atoms with van der Waals surface area (Å²) >= 11 is 12.3. The molecule has 0 aromatic heterocycles. The molecule has 20 heavy (non-hydrogen) atoms. The third-order valence-electron chi connectivity index (χ3n) is 6.04. The Kier molecular flexibility index (Phi) is 3.11. The highest BCUT2D eigenvalue weighted by Gasteiger charge is 2.56. The number of rotatable bonds is 2. The first-order valence-corrected chi connectivity index (χ1v) is 8.46. The number of hydrogen-bond donors (Lipinski definition) is 1. The molecule has 1 nitrogen and oxygen atoms in total. The Hall–Kier alpha value is -0.240. The number of halogens is 2. The molecule has 0 saturated heterocycles. The highest BCUT2D eigenvalue weighted by molar-refractivity contribution is 6.35. The van der Waals surface area contributed by atoms with Gasteiger partial charge in [-0.05, 0) is 73.5 Å². The van der Waals surface area contributed by atoms with Crippen LogP contribution in [0.1, 0.15) is 37.7 Å². The molecule has 4 saturated carbocycles. The van der Waals surface area contributed by atoms with E-state index in [1.807, 2.05) is 12.1 Å². The van der Waals surface area contributed by atoms with Gasteiger partial charge in [-0.2, -0.15) is 0 Å². The molecule has 0 unspecified atom stereocenters. The first-order valence-electron chi connectivity index (χ1n) is 7.71. The first kappa shape index (κ1) is 13.4. The van der Waals surface area contributed by atoms with Gasteiger partial charge in [0.1, 0.15) is 0 Å². The van der Waals surface area contributed by atoms with Crippen LogP contribution in [0.3, 0.4) is 0 Å². The van der Waals surface area contributed by atoms with Crippen molar-refractivity contribution in [3.8, 4) is 0 Å². The average Bonchev–Trinajstić information content (AvgIpc) is 2.39. The Morgan fingerprint density at radius 1 is 1.00 bits per heavy atom. The predicted molar refractivity (Wildman–Crippen MR) is 82.2 cm³/mol. The van der Waals surface area contributed by atoms with Crippen LogP contribution in [0, 0.1) is 23.7 Å². The summed E-state index contributed by atoms with van der Waals surface area (Å²) in [4.78, 5) is 0. The van der Waals surface area contributed by atoms with Crippen molar-refractivity contribution in [2.24, 2.45) is 23.7 Å². The molecule has 0 spiro atoms. The van der Waals surface area contributed by atoms with Crippen molar-refractivity contribution in [2.75, 3.05) is 0 Å². The number of hydrogen-bond acceptors (Lipinski definition) is 1. The molecule has 0 aliphatic heterocycles. The van der Waals surface area contributed by atoms with Crippen molar-refractivity contribution in [3.05, 3.63) is 33.8 Å². The van der Waals surface area contributed by atoms with Crippen molar-refractivity contribution in [1.29, 1.82) is 0 Å². The van der Waals surface area contributed by atoms with Gasteiger partial charge in [0.2, 0.25) is 0 Å². The molecule has 3 heteroatoms. The number of aliphatic hydroxyl groups is 1. The van der Waals surface area contributed by atoms with Gasteiger partial charge in [-0.15, -0.1) is 0 Å². The lowest BCUT2D eigenvalue weighted by atomic mass is 9.49. The van der Waals surface area contributed by atoms with Gasteiger partial charge < -0.3 is 5.11 Å². The van der Waals surface area contributed by atoms with E-state index in [4.69, 9.17) is 23.2 Å². The van der Waals surface area contributed by atoms with Crippen molar-refractivity contribution >= 4 is 23.2 Å². The fraction of sp³-hybridized carbons (Fsp3) is 0.647. The van der Waals surface area contributed by atoms with Gasteiger partial charge in [0.25, 0.3) is 0 Å². The van der Waals surface area contributed by atoms with Crippen molar-refractivity contribution in [1.82, 2.24) is 0 Å². The Bertz CT molecular complexity index is 512. The van der Waals surface area contributed by atoms with E-state index in [9.17, 15) is 5.11 Å². The normalized spacial score (nSPS) is 42.1. The summed E-state index contributed by atoms with van der Waals surface area (Å²) in [5.74, 6) is 2.70.